The minimum absolute atomic E-state index is 1.82. The molecule has 0 amide bonds. The highest BCUT2D eigenvalue weighted by Gasteiger charge is 2.45. The molecule has 582 valence electrons. The zero-order valence-electron chi connectivity index (χ0n) is 50.5. The van der Waals surface area contributed by atoms with E-state index in [4.69, 9.17) is 0 Å². The van der Waals surface area contributed by atoms with Crippen LogP contribution in [0, 0.1) is 256 Å². The van der Waals surface area contributed by atoms with Crippen LogP contribution in [0.5, 0.6) is 0 Å². The average molecular weight is 1640 g/mol. The largest absolute Gasteiger partial charge is 0.327 e. The van der Waals surface area contributed by atoms with Crippen molar-refractivity contribution in [3.8, 4) is 55.6 Å². The molecule has 0 fully saturated rings. The first-order valence-electron chi connectivity index (χ1n) is 28.0. The van der Waals surface area contributed by atoms with Gasteiger partial charge in [0, 0.05) is 22.3 Å². The summed E-state index contributed by atoms with van der Waals surface area (Å²) in [5.41, 5.74) is -49.0. The summed E-state index contributed by atoms with van der Waals surface area (Å²) in [6.45, 7) is -3.42. The van der Waals surface area contributed by atoms with Crippen LogP contribution in [0.25, 0.3) is 55.6 Å². The van der Waals surface area contributed by atoms with Gasteiger partial charge in [0.05, 0.1) is 62.2 Å². The maximum atomic E-state index is 16.5. The molecule has 0 saturated carbocycles. The Morgan fingerprint density at radius 2 is 0.309 bits per heavy atom. The first-order valence-corrected chi connectivity index (χ1v) is 28.0. The van der Waals surface area contributed by atoms with E-state index in [0.29, 0.717) is 0 Å². The SMILES string of the molecule is Fc1c(F)c(F)c(-c2c(F)c(F)c(CC(CCc3c(F)c(F)c(-c4c(F)c(F)c(CN(c5c(F)c(F)c(-c6c(F)c(F)c(F)c(F)c6F)c(F)c5F)c5c(F)c(F)c(-c6c(F)c(F)c(F)c(F)c6F)c(F)c5F)c(F)c4F)c(F)c3F)c3c(F)c(F)c(-c4c(F)c(F)c(F)c(F)c4F)c(F)c3F)c(F)c2F)c(F)c1F. The summed E-state index contributed by atoms with van der Waals surface area (Å²) in [5, 5.41) is 0. The molecule has 1 unspecified atom stereocenters. The molecule has 0 saturated heterocycles. The molecule has 10 aromatic rings. The van der Waals surface area contributed by atoms with E-state index in [9.17, 15) is 87.8 Å². The van der Waals surface area contributed by atoms with Crippen molar-refractivity contribution in [3.05, 3.63) is 278 Å². The zero-order chi connectivity index (χ0) is 82.6. The van der Waals surface area contributed by atoms with Crippen molar-refractivity contribution in [2.24, 2.45) is 0 Å². The molecule has 10 aromatic carbocycles. The van der Waals surface area contributed by atoms with Crippen LogP contribution < -0.4 is 4.90 Å². The van der Waals surface area contributed by atoms with Crippen LogP contribution in [0.4, 0.5) is 205 Å². The Morgan fingerprint density at radius 3 is 0.518 bits per heavy atom. The molecule has 110 heavy (non-hydrogen) atoms. The topological polar surface area (TPSA) is 3.24 Å². The van der Waals surface area contributed by atoms with Gasteiger partial charge >= 0.3 is 0 Å². The van der Waals surface area contributed by atoms with Crippen LogP contribution in [-0.4, -0.2) is 0 Å². The monoisotopic (exact) mass is 1640 g/mol. The molecule has 0 aliphatic heterocycles. The predicted molar refractivity (Wildman–Crippen MR) is 278 cm³/mol. The molecule has 0 spiro atoms. The summed E-state index contributed by atoms with van der Waals surface area (Å²) in [6, 6.07) is 0. The van der Waals surface area contributed by atoms with Gasteiger partial charge in [0.25, 0.3) is 0 Å². The minimum Gasteiger partial charge on any atom is -0.327 e. The van der Waals surface area contributed by atoms with E-state index < -0.39 is 382 Å². The van der Waals surface area contributed by atoms with Crippen LogP contribution >= 0.6 is 0 Å². The third-order valence-electron chi connectivity index (χ3n) is 16.4. The smallest absolute Gasteiger partial charge is 0.200 e. The van der Waals surface area contributed by atoms with Crippen molar-refractivity contribution < 1.29 is 193 Å². The van der Waals surface area contributed by atoms with E-state index in [1.165, 1.54) is 0 Å². The number of hydrogen-bond donors (Lipinski definition) is 0. The minimum atomic E-state index is -3.79. The highest BCUT2D eigenvalue weighted by Crippen LogP contribution is 2.51. The number of benzene rings is 10. The van der Waals surface area contributed by atoms with Crippen molar-refractivity contribution >= 4 is 11.4 Å². The summed E-state index contributed by atoms with van der Waals surface area (Å²) >= 11 is 0. The van der Waals surface area contributed by atoms with E-state index in [0.717, 1.165) is 0 Å². The molecule has 0 N–H and O–H groups in total. The van der Waals surface area contributed by atoms with Crippen LogP contribution in [-0.2, 0) is 19.4 Å². The highest BCUT2D eigenvalue weighted by atomic mass is 19.2. The Balaban J connectivity index is 1.15. The van der Waals surface area contributed by atoms with Gasteiger partial charge < -0.3 is 4.90 Å². The molecule has 0 aromatic heterocycles. The highest BCUT2D eigenvalue weighted by molar-refractivity contribution is 5.78. The van der Waals surface area contributed by atoms with Crippen molar-refractivity contribution in [3.63, 3.8) is 0 Å². The quantitative estimate of drug-likeness (QED) is 0.0562. The van der Waals surface area contributed by atoms with Crippen molar-refractivity contribution in [2.45, 2.75) is 31.7 Å². The van der Waals surface area contributed by atoms with Gasteiger partial charge in [-0.3, -0.25) is 0 Å². The van der Waals surface area contributed by atoms with Gasteiger partial charge in [0.2, 0.25) is 23.3 Å². The summed E-state index contributed by atoms with van der Waals surface area (Å²) in [4.78, 5) is -1.82. The lowest BCUT2D eigenvalue weighted by atomic mass is 9.83. The molecule has 1 atom stereocenters. The fraction of sp³-hybridized carbons (Fsp3) is 0.0769. The standard InChI is InChI=1S/C65H9F44N/c66-20-6(2-1-5(9-26(72)34(80)13(35(81)27(9)73)15-38(84)50(96)57(103)51(97)39(15)85)3-7-22(68)30(76)12(31(77)23(7)69)14-36(82)48(94)56(102)49(95)37(14)83)21(67)29(75)10(28(20)74)11-32(78)24(70)8(25(71)33(11)79)4-110(64-60(106)44(90)18(45(91)61(64)107)16-40(86)52(98)58(104)53(99)41(16)87)65-62(108)46(92)19(47(93)63(65)109)17-42(88)54(100)59(105)55(101)43(17)89/h5H,1-4H2. The summed E-state index contributed by atoms with van der Waals surface area (Å²) < 4.78 is 678. The molecule has 0 aliphatic carbocycles. The lowest BCUT2D eigenvalue weighted by molar-refractivity contribution is 0.377. The average Bonchev–Trinajstić information content (AvgIpc) is 0.731. The third-order valence-corrected chi connectivity index (χ3v) is 16.4. The predicted octanol–water partition coefficient (Wildman–Crippen LogP) is 23.4. The lowest BCUT2D eigenvalue weighted by Crippen LogP contribution is -2.27. The van der Waals surface area contributed by atoms with Crippen LogP contribution in [0.3, 0.4) is 0 Å². The zero-order valence-corrected chi connectivity index (χ0v) is 50.5. The third kappa shape index (κ3) is 11.9. The molecule has 0 aliphatic rings. The van der Waals surface area contributed by atoms with Crippen molar-refractivity contribution in [1.29, 1.82) is 0 Å². The Morgan fingerprint density at radius 1 is 0.155 bits per heavy atom. The first-order chi connectivity index (χ1) is 51.0. The number of nitrogens with zero attached hydrogens (tertiary/aromatic N) is 1. The fourth-order valence-corrected chi connectivity index (χ4v) is 11.2. The number of rotatable bonds is 15. The van der Waals surface area contributed by atoms with Gasteiger partial charge in [-0.2, -0.15) is 0 Å². The van der Waals surface area contributed by atoms with E-state index in [2.05, 4.69) is 0 Å². The summed E-state index contributed by atoms with van der Waals surface area (Å²) in [5.74, 6) is -155. The second-order valence-electron chi connectivity index (χ2n) is 22.1. The van der Waals surface area contributed by atoms with Gasteiger partial charge in [0.15, 0.2) is 233 Å². The molecule has 10 rings (SSSR count). The van der Waals surface area contributed by atoms with Gasteiger partial charge in [0.1, 0.15) is 11.4 Å². The molecular weight excluding hydrogens is 1630 g/mol. The van der Waals surface area contributed by atoms with Gasteiger partial charge in [-0.25, -0.2) is 193 Å². The second kappa shape index (κ2) is 28.7. The first kappa shape index (κ1) is 81.4. The van der Waals surface area contributed by atoms with Crippen LogP contribution in [0.1, 0.15) is 34.6 Å². The van der Waals surface area contributed by atoms with Crippen LogP contribution in [0.15, 0.2) is 0 Å². The van der Waals surface area contributed by atoms with Gasteiger partial charge in [-0.1, -0.05) is 0 Å². The Labute approximate surface area is 574 Å². The number of anilines is 2. The van der Waals surface area contributed by atoms with E-state index >= 15 is 105 Å². The van der Waals surface area contributed by atoms with Gasteiger partial charge in [-0.05, 0) is 25.2 Å². The Kier molecular flexibility index (Phi) is 21.3. The fourth-order valence-electron chi connectivity index (χ4n) is 11.2. The summed E-state index contributed by atoms with van der Waals surface area (Å²) in [6.07, 6.45) is -7.48. The van der Waals surface area contributed by atoms with E-state index in [-0.39, 0.29) is 0 Å². The molecular formula is C65H9F44N. The molecule has 0 bridgehead atoms. The summed E-state index contributed by atoms with van der Waals surface area (Å²) in [7, 11) is 0. The second-order valence-corrected chi connectivity index (χ2v) is 22.1. The van der Waals surface area contributed by atoms with Crippen molar-refractivity contribution in [1.82, 2.24) is 0 Å². The maximum Gasteiger partial charge on any atom is 0.200 e. The molecule has 1 nitrogen and oxygen atoms in total. The number of hydrogen-bond acceptors (Lipinski definition) is 1. The van der Waals surface area contributed by atoms with Crippen LogP contribution in [0.2, 0.25) is 0 Å². The lowest BCUT2D eigenvalue weighted by Gasteiger charge is -2.29. The van der Waals surface area contributed by atoms with Crippen molar-refractivity contribution in [2.75, 3.05) is 4.90 Å². The van der Waals surface area contributed by atoms with E-state index in [1.807, 2.05) is 0 Å². The van der Waals surface area contributed by atoms with E-state index in [1.54, 1.807) is 0 Å². The molecule has 45 heteroatoms. The maximum absolute atomic E-state index is 16.5. The molecule has 0 heterocycles. The number of halogens is 44. The normalized spacial score (nSPS) is 12.1. The Bertz CT molecular complexity index is 5320. The molecule has 0 radical (unpaired) electrons. The Hall–Kier alpha value is -11.1. The van der Waals surface area contributed by atoms with Gasteiger partial charge in [-0.15, -0.1) is 0 Å².